The highest BCUT2D eigenvalue weighted by molar-refractivity contribution is 9.10. The molecule has 0 aromatic carbocycles. The molecule has 0 aliphatic heterocycles. The Balaban J connectivity index is 2.01. The largest absolute Gasteiger partial charge is 0.251 e. The Morgan fingerprint density at radius 3 is 2.76 bits per heavy atom. The molecule has 2 unspecified atom stereocenters. The van der Waals surface area contributed by atoms with Crippen molar-refractivity contribution in [3.8, 4) is 0 Å². The van der Waals surface area contributed by atoms with Gasteiger partial charge >= 0.3 is 0 Å². The summed E-state index contributed by atoms with van der Waals surface area (Å²) in [6, 6.07) is 1.75. The third-order valence-electron chi connectivity index (χ3n) is 2.93. The molecule has 1 aromatic rings. The quantitative estimate of drug-likeness (QED) is 0.785. The lowest BCUT2D eigenvalue weighted by atomic mass is 10.1. The molecule has 0 saturated heterocycles. The van der Waals surface area contributed by atoms with E-state index in [1.54, 1.807) is 11.4 Å². The van der Waals surface area contributed by atoms with Crippen molar-refractivity contribution in [1.29, 1.82) is 0 Å². The highest BCUT2D eigenvalue weighted by Crippen LogP contribution is 2.32. The van der Waals surface area contributed by atoms with Gasteiger partial charge in [0, 0.05) is 15.8 Å². The average molecular weight is 403 g/mol. The highest BCUT2D eigenvalue weighted by Gasteiger charge is 2.27. The number of sulfonamides is 1. The van der Waals surface area contributed by atoms with Gasteiger partial charge in [-0.05, 0) is 46.1 Å². The van der Waals surface area contributed by atoms with Crippen molar-refractivity contribution in [2.75, 3.05) is 6.54 Å². The zero-order valence-electron chi connectivity index (χ0n) is 9.03. The second-order valence-electron chi connectivity index (χ2n) is 4.11. The number of nitrogens with one attached hydrogen (secondary N) is 1. The maximum absolute atomic E-state index is 12.0. The molecule has 1 aromatic heterocycles. The second kappa shape index (κ2) is 5.69. The van der Waals surface area contributed by atoms with Gasteiger partial charge in [-0.2, -0.15) is 0 Å². The first-order valence-corrected chi connectivity index (χ1v) is 9.44. The van der Waals surface area contributed by atoms with Crippen molar-refractivity contribution in [3.63, 3.8) is 0 Å². The normalized spacial score (nSPS) is 25.3. The van der Waals surface area contributed by atoms with Gasteiger partial charge in [-0.15, -0.1) is 11.3 Å². The van der Waals surface area contributed by atoms with E-state index in [9.17, 15) is 8.42 Å². The first kappa shape index (κ1) is 14.0. The summed E-state index contributed by atoms with van der Waals surface area (Å²) in [4.78, 5) is 0.442. The van der Waals surface area contributed by atoms with Crippen LogP contribution in [0.5, 0.6) is 0 Å². The molecule has 1 saturated carbocycles. The predicted molar refractivity (Wildman–Crippen MR) is 77.3 cm³/mol. The first-order valence-electron chi connectivity index (χ1n) is 5.37. The monoisotopic (exact) mass is 401 g/mol. The molecule has 17 heavy (non-hydrogen) atoms. The van der Waals surface area contributed by atoms with Crippen LogP contribution in [0.2, 0.25) is 0 Å². The fourth-order valence-corrected chi connectivity index (χ4v) is 6.23. The van der Waals surface area contributed by atoms with Crippen LogP contribution in [0.25, 0.3) is 0 Å². The van der Waals surface area contributed by atoms with E-state index in [1.807, 2.05) is 0 Å². The lowest BCUT2D eigenvalue weighted by molar-refractivity contribution is 0.530. The average Bonchev–Trinajstić information content (AvgIpc) is 2.85. The molecule has 0 radical (unpaired) electrons. The van der Waals surface area contributed by atoms with Gasteiger partial charge in [0.05, 0.1) is 0 Å². The second-order valence-corrected chi connectivity index (χ2v) is 9.02. The molecular formula is C10H13Br2NO2S2. The molecular weight excluding hydrogens is 390 g/mol. The minimum atomic E-state index is -3.36. The fraction of sp³-hybridized carbons (Fsp3) is 0.600. The van der Waals surface area contributed by atoms with Crippen molar-refractivity contribution in [3.05, 3.63) is 15.9 Å². The van der Waals surface area contributed by atoms with Crippen LogP contribution in [0, 0.1) is 5.92 Å². The summed E-state index contributed by atoms with van der Waals surface area (Å²) in [5, 5.41) is 1.77. The number of rotatable bonds is 4. The van der Waals surface area contributed by atoms with E-state index < -0.39 is 10.0 Å². The number of alkyl halides is 1. The molecule has 2 atom stereocenters. The summed E-state index contributed by atoms with van der Waals surface area (Å²) in [6.07, 6.45) is 3.39. The lowest BCUT2D eigenvalue weighted by Crippen LogP contribution is -2.30. The van der Waals surface area contributed by atoms with Crippen LogP contribution < -0.4 is 4.72 Å². The molecule has 1 aliphatic carbocycles. The third kappa shape index (κ3) is 3.32. The third-order valence-corrected chi connectivity index (χ3v) is 8.23. The molecule has 96 valence electrons. The fourth-order valence-electron chi connectivity index (χ4n) is 1.98. The maximum Gasteiger partial charge on any atom is 0.251 e. The Kier molecular flexibility index (Phi) is 4.68. The minimum Gasteiger partial charge on any atom is -0.210 e. The highest BCUT2D eigenvalue weighted by atomic mass is 79.9. The molecule has 1 fully saturated rings. The van der Waals surface area contributed by atoms with Crippen LogP contribution in [0.15, 0.2) is 20.1 Å². The number of hydrogen-bond donors (Lipinski definition) is 1. The van der Waals surface area contributed by atoms with Crippen LogP contribution >= 0.6 is 43.2 Å². The maximum atomic E-state index is 12.0. The summed E-state index contributed by atoms with van der Waals surface area (Å²) < 4.78 is 27.8. The molecule has 2 rings (SSSR count). The molecule has 3 nitrogen and oxygen atoms in total. The lowest BCUT2D eigenvalue weighted by Gasteiger charge is -2.14. The molecule has 0 amide bonds. The van der Waals surface area contributed by atoms with Crippen LogP contribution in [0.4, 0.5) is 0 Å². The van der Waals surface area contributed by atoms with Gasteiger partial charge in [-0.3, -0.25) is 0 Å². The summed E-state index contributed by atoms with van der Waals surface area (Å²) in [5.41, 5.74) is 0. The van der Waals surface area contributed by atoms with Gasteiger partial charge in [-0.1, -0.05) is 22.4 Å². The van der Waals surface area contributed by atoms with E-state index >= 15 is 0 Å². The molecule has 7 heteroatoms. The van der Waals surface area contributed by atoms with E-state index in [1.165, 1.54) is 17.8 Å². The predicted octanol–water partition coefficient (Wildman–Crippen LogP) is 3.35. The van der Waals surface area contributed by atoms with Crippen LogP contribution in [0.1, 0.15) is 19.3 Å². The topological polar surface area (TPSA) is 46.2 Å². The van der Waals surface area contributed by atoms with Crippen molar-refractivity contribution in [1.82, 2.24) is 4.72 Å². The van der Waals surface area contributed by atoms with E-state index in [2.05, 4.69) is 36.6 Å². The Bertz CT molecular complexity index is 486. The number of thiophene rings is 1. The Morgan fingerprint density at radius 2 is 2.24 bits per heavy atom. The molecule has 1 heterocycles. The van der Waals surface area contributed by atoms with Crippen LogP contribution in [-0.2, 0) is 10.0 Å². The summed E-state index contributed by atoms with van der Waals surface area (Å²) in [6.45, 7) is 0.516. The Labute approximate surface area is 122 Å². The summed E-state index contributed by atoms with van der Waals surface area (Å²) >= 11 is 8.07. The molecule has 0 bridgehead atoms. The van der Waals surface area contributed by atoms with Crippen LogP contribution in [0.3, 0.4) is 0 Å². The number of hydrogen-bond acceptors (Lipinski definition) is 3. The van der Waals surface area contributed by atoms with Crippen molar-refractivity contribution in [2.45, 2.75) is 28.3 Å². The van der Waals surface area contributed by atoms with E-state index in [-0.39, 0.29) is 0 Å². The molecule has 1 N–H and O–H groups in total. The molecule has 0 spiro atoms. The SMILES string of the molecule is O=S(=O)(NCC1CCCC1Br)c1sccc1Br. The van der Waals surface area contributed by atoms with Gasteiger partial charge in [0.15, 0.2) is 0 Å². The minimum absolute atomic E-state index is 0.363. The Morgan fingerprint density at radius 1 is 1.47 bits per heavy atom. The zero-order chi connectivity index (χ0) is 12.5. The van der Waals surface area contributed by atoms with Crippen molar-refractivity contribution >= 4 is 53.2 Å². The van der Waals surface area contributed by atoms with Gasteiger partial charge in [0.1, 0.15) is 4.21 Å². The summed E-state index contributed by atoms with van der Waals surface area (Å²) in [5.74, 6) is 0.406. The van der Waals surface area contributed by atoms with Crippen molar-refractivity contribution < 1.29 is 8.42 Å². The molecule has 1 aliphatic rings. The summed E-state index contributed by atoms with van der Waals surface area (Å²) in [7, 11) is -3.36. The van der Waals surface area contributed by atoms with Gasteiger partial charge in [-0.25, -0.2) is 13.1 Å². The van der Waals surface area contributed by atoms with E-state index in [4.69, 9.17) is 0 Å². The van der Waals surface area contributed by atoms with E-state index in [0.29, 0.717) is 26.0 Å². The Hall–Kier alpha value is 0.570. The van der Waals surface area contributed by atoms with E-state index in [0.717, 1.165) is 12.8 Å². The van der Waals surface area contributed by atoms with Gasteiger partial charge in [0.25, 0.3) is 10.0 Å². The standard InChI is InChI=1S/C10H13Br2NO2S2/c11-8-3-1-2-7(8)6-13-17(14,15)10-9(12)4-5-16-10/h4-5,7-8,13H,1-3,6H2. The number of halogens is 2. The van der Waals surface area contributed by atoms with Gasteiger partial charge in [0.2, 0.25) is 0 Å². The smallest absolute Gasteiger partial charge is 0.210 e. The van der Waals surface area contributed by atoms with Gasteiger partial charge < -0.3 is 0 Å². The first-order chi connectivity index (χ1) is 8.00. The van der Waals surface area contributed by atoms with Crippen molar-refractivity contribution in [2.24, 2.45) is 5.92 Å². The zero-order valence-corrected chi connectivity index (χ0v) is 13.8. The van der Waals surface area contributed by atoms with Crippen LogP contribution in [-0.4, -0.2) is 19.8 Å².